The number of carbonyl (C=O) groups is 1. The number of ether oxygens (including phenoxy) is 1. The molecule has 0 aromatic rings. The molecule has 0 unspecified atom stereocenters. The molecule has 1 rings (SSSR count). The van der Waals surface area contributed by atoms with Crippen LogP contribution in [0.2, 0.25) is 17.3 Å². The van der Waals surface area contributed by atoms with E-state index in [-0.39, 0.29) is 5.97 Å². The van der Waals surface area contributed by atoms with Crippen molar-refractivity contribution in [3.05, 3.63) is 9.98 Å². The van der Waals surface area contributed by atoms with Crippen LogP contribution < -0.4 is 0 Å². The van der Waals surface area contributed by atoms with Gasteiger partial charge >= 0.3 is 76.0 Å². The van der Waals surface area contributed by atoms with Gasteiger partial charge in [0.15, 0.2) is 0 Å². The Labute approximate surface area is 76.3 Å². The molecule has 0 atom stereocenters. The van der Waals surface area contributed by atoms with Crippen molar-refractivity contribution >= 4 is 19.2 Å². The standard InChI is InChI=1S/C9H16GeO2/c1-7-5-6-12-9(11)8(7)10(2,3)4/h5-6H2,1-4H3. The van der Waals surface area contributed by atoms with Gasteiger partial charge in [-0.25, -0.2) is 0 Å². The van der Waals surface area contributed by atoms with Gasteiger partial charge in [0.1, 0.15) is 0 Å². The topological polar surface area (TPSA) is 26.3 Å². The third kappa shape index (κ3) is 1.92. The molecular formula is C9H16GeO2. The zero-order valence-electron chi connectivity index (χ0n) is 8.23. The van der Waals surface area contributed by atoms with Crippen molar-refractivity contribution in [1.29, 1.82) is 0 Å². The van der Waals surface area contributed by atoms with E-state index in [1.165, 1.54) is 5.57 Å². The second kappa shape index (κ2) is 3.25. The van der Waals surface area contributed by atoms with Crippen molar-refractivity contribution in [2.75, 3.05) is 6.61 Å². The molecule has 0 bridgehead atoms. The summed E-state index contributed by atoms with van der Waals surface area (Å²) in [5.41, 5.74) is 1.26. The minimum atomic E-state index is -1.97. The minimum absolute atomic E-state index is 0.0498. The molecule has 0 amide bonds. The Morgan fingerprint density at radius 3 is 2.25 bits per heavy atom. The first-order valence-corrected chi connectivity index (χ1v) is 11.6. The van der Waals surface area contributed by atoms with Crippen LogP contribution in [0.4, 0.5) is 0 Å². The molecule has 0 aromatic heterocycles. The summed E-state index contributed by atoms with van der Waals surface area (Å²) in [6.07, 6.45) is 0.934. The van der Waals surface area contributed by atoms with Crippen molar-refractivity contribution in [2.24, 2.45) is 0 Å². The molecule has 0 radical (unpaired) electrons. The average molecular weight is 229 g/mol. The van der Waals surface area contributed by atoms with Crippen molar-refractivity contribution < 1.29 is 9.53 Å². The van der Waals surface area contributed by atoms with Gasteiger partial charge in [0, 0.05) is 0 Å². The fourth-order valence-electron chi connectivity index (χ4n) is 1.61. The summed E-state index contributed by atoms with van der Waals surface area (Å²) in [5.74, 6) is 6.63. The molecule has 0 aliphatic carbocycles. The molecule has 0 aromatic carbocycles. The molecule has 0 saturated carbocycles. The first-order chi connectivity index (χ1) is 5.43. The Hall–Kier alpha value is -0.247. The van der Waals surface area contributed by atoms with E-state index in [9.17, 15) is 4.79 Å². The molecule has 0 spiro atoms. The SMILES string of the molecule is CC1=[C]([Ge]([CH3])([CH3])[CH3])C(=O)OCC1. The Balaban J connectivity index is 3.05. The molecule has 1 heterocycles. The Morgan fingerprint density at radius 1 is 1.33 bits per heavy atom. The van der Waals surface area contributed by atoms with Gasteiger partial charge in [0.2, 0.25) is 0 Å². The number of hydrogen-bond acceptors (Lipinski definition) is 2. The molecule has 1 aliphatic heterocycles. The summed E-state index contributed by atoms with van der Waals surface area (Å²) in [6, 6.07) is 0. The number of rotatable bonds is 1. The van der Waals surface area contributed by atoms with Crippen molar-refractivity contribution in [1.82, 2.24) is 0 Å². The fourth-order valence-corrected chi connectivity index (χ4v) is 6.00. The predicted molar refractivity (Wildman–Crippen MR) is 51.6 cm³/mol. The van der Waals surface area contributed by atoms with Crippen LogP contribution in [0.15, 0.2) is 9.98 Å². The Bertz CT molecular complexity index is 235. The molecular weight excluding hydrogens is 213 g/mol. The van der Waals surface area contributed by atoms with E-state index < -0.39 is 13.3 Å². The molecule has 0 saturated heterocycles. The summed E-state index contributed by atoms with van der Waals surface area (Å²) in [7, 11) is 0. The summed E-state index contributed by atoms with van der Waals surface area (Å²) in [6.45, 7) is 2.64. The number of carbonyl (C=O) groups excluding carboxylic acids is 1. The van der Waals surface area contributed by atoms with Gasteiger partial charge in [-0.15, -0.1) is 0 Å². The second-order valence-corrected chi connectivity index (χ2v) is 14.8. The Morgan fingerprint density at radius 2 is 1.92 bits per heavy atom. The van der Waals surface area contributed by atoms with E-state index in [0.717, 1.165) is 10.8 Å². The molecule has 1 aliphatic rings. The Kier molecular flexibility index (Phi) is 2.66. The van der Waals surface area contributed by atoms with Crippen LogP contribution in [-0.2, 0) is 9.53 Å². The van der Waals surface area contributed by atoms with Crippen LogP contribution in [0.3, 0.4) is 0 Å². The number of esters is 1. The van der Waals surface area contributed by atoms with E-state index in [0.29, 0.717) is 6.61 Å². The van der Waals surface area contributed by atoms with Crippen molar-refractivity contribution in [2.45, 2.75) is 30.6 Å². The summed E-state index contributed by atoms with van der Waals surface area (Å²) >= 11 is -1.97. The third-order valence-electron chi connectivity index (χ3n) is 2.09. The van der Waals surface area contributed by atoms with E-state index in [1.54, 1.807) is 0 Å². The third-order valence-corrected chi connectivity index (χ3v) is 6.56. The van der Waals surface area contributed by atoms with Gasteiger partial charge in [-0.05, 0) is 0 Å². The van der Waals surface area contributed by atoms with Crippen LogP contribution in [-0.4, -0.2) is 25.8 Å². The van der Waals surface area contributed by atoms with Crippen molar-refractivity contribution in [3.63, 3.8) is 0 Å². The monoisotopic (exact) mass is 230 g/mol. The molecule has 12 heavy (non-hydrogen) atoms. The summed E-state index contributed by atoms with van der Waals surface area (Å²) in [5, 5.41) is 0. The van der Waals surface area contributed by atoms with Gasteiger partial charge in [0.25, 0.3) is 0 Å². The van der Waals surface area contributed by atoms with Crippen LogP contribution in [0.25, 0.3) is 0 Å². The average Bonchev–Trinajstić information content (AvgIpc) is 1.82. The van der Waals surface area contributed by atoms with Gasteiger partial charge in [-0.2, -0.15) is 0 Å². The van der Waals surface area contributed by atoms with E-state index in [4.69, 9.17) is 4.74 Å². The first kappa shape index (κ1) is 9.84. The maximum atomic E-state index is 11.4. The molecule has 0 N–H and O–H groups in total. The predicted octanol–water partition coefficient (Wildman–Crippen LogP) is 2.13. The summed E-state index contributed by atoms with van der Waals surface area (Å²) in [4.78, 5) is 11.4. The van der Waals surface area contributed by atoms with Gasteiger partial charge < -0.3 is 0 Å². The van der Waals surface area contributed by atoms with Gasteiger partial charge in [0.05, 0.1) is 0 Å². The van der Waals surface area contributed by atoms with Gasteiger partial charge in [-0.3, -0.25) is 0 Å². The van der Waals surface area contributed by atoms with E-state index >= 15 is 0 Å². The maximum absolute atomic E-state index is 11.4. The molecule has 0 fully saturated rings. The van der Waals surface area contributed by atoms with Crippen LogP contribution in [0.5, 0.6) is 0 Å². The van der Waals surface area contributed by atoms with Crippen LogP contribution in [0.1, 0.15) is 13.3 Å². The second-order valence-electron chi connectivity index (χ2n) is 4.29. The molecule has 3 heteroatoms. The summed E-state index contributed by atoms with van der Waals surface area (Å²) < 4.78 is 6.08. The number of hydrogen-bond donors (Lipinski definition) is 0. The number of cyclic esters (lactones) is 1. The zero-order chi connectivity index (χ0) is 9.35. The normalized spacial score (nSPS) is 19.5. The van der Waals surface area contributed by atoms with Crippen LogP contribution in [0, 0.1) is 0 Å². The zero-order valence-corrected chi connectivity index (χ0v) is 10.3. The molecule has 2 nitrogen and oxygen atoms in total. The molecule has 68 valence electrons. The van der Waals surface area contributed by atoms with Gasteiger partial charge in [-0.1, -0.05) is 0 Å². The fraction of sp³-hybridized carbons (Fsp3) is 0.667. The first-order valence-electron chi connectivity index (χ1n) is 4.30. The van der Waals surface area contributed by atoms with Crippen molar-refractivity contribution in [3.8, 4) is 0 Å². The van der Waals surface area contributed by atoms with E-state index in [2.05, 4.69) is 24.2 Å². The quantitative estimate of drug-likeness (QED) is 0.508. The van der Waals surface area contributed by atoms with Crippen LogP contribution >= 0.6 is 0 Å². The van der Waals surface area contributed by atoms with E-state index in [1.807, 2.05) is 0 Å².